The van der Waals surface area contributed by atoms with Crippen LogP contribution in [0.15, 0.2) is 113 Å². The number of carbonyl (C=O) groups excluding carboxylic acids is 2. The van der Waals surface area contributed by atoms with Gasteiger partial charge in [-0.15, -0.1) is 23.1 Å². The van der Waals surface area contributed by atoms with Crippen LogP contribution in [0.4, 0.5) is 10.8 Å². The Morgan fingerprint density at radius 3 is 2.24 bits per heavy atom. The van der Waals surface area contributed by atoms with Crippen LogP contribution < -0.4 is 10.6 Å². The van der Waals surface area contributed by atoms with E-state index >= 15 is 0 Å². The summed E-state index contributed by atoms with van der Waals surface area (Å²) >= 11 is 2.90. The van der Waals surface area contributed by atoms with Gasteiger partial charge in [0.15, 0.2) is 10.9 Å². The first-order valence-electron chi connectivity index (χ1n) is 11.6. The standard InChI is InChI=1S/C29H23N3O3S2/c1-19-25(20-9-4-2-5-10-20)31-29(36-19)32-28(34)26(21-11-6-3-7-12-21)37-23-16-14-22(15-17-23)30-27(33)24-13-8-18-35-24/h2-18,26H,1H3,(H,30,33)(H,31,32,34). The third-order valence-electron chi connectivity index (χ3n) is 5.53. The van der Waals surface area contributed by atoms with Crippen molar-refractivity contribution in [2.24, 2.45) is 0 Å². The van der Waals surface area contributed by atoms with E-state index < -0.39 is 5.25 Å². The molecule has 2 heterocycles. The van der Waals surface area contributed by atoms with Crippen molar-refractivity contribution in [3.8, 4) is 11.3 Å². The number of aryl methyl sites for hydroxylation is 1. The lowest BCUT2D eigenvalue weighted by atomic mass is 10.1. The minimum atomic E-state index is -0.492. The molecular weight excluding hydrogens is 502 g/mol. The first-order valence-corrected chi connectivity index (χ1v) is 13.3. The van der Waals surface area contributed by atoms with E-state index in [1.54, 1.807) is 24.3 Å². The van der Waals surface area contributed by atoms with Crippen molar-refractivity contribution in [3.63, 3.8) is 0 Å². The van der Waals surface area contributed by atoms with Crippen molar-refractivity contribution in [1.29, 1.82) is 0 Å². The summed E-state index contributed by atoms with van der Waals surface area (Å²) < 4.78 is 5.14. The Kier molecular flexibility index (Phi) is 7.49. The zero-order valence-corrected chi connectivity index (χ0v) is 21.5. The molecule has 1 unspecified atom stereocenters. The van der Waals surface area contributed by atoms with Gasteiger partial charge < -0.3 is 15.1 Å². The molecule has 37 heavy (non-hydrogen) atoms. The number of amides is 2. The fourth-order valence-electron chi connectivity index (χ4n) is 3.74. The van der Waals surface area contributed by atoms with Crippen LogP contribution in [0.5, 0.6) is 0 Å². The highest BCUT2D eigenvalue weighted by molar-refractivity contribution is 8.00. The summed E-state index contributed by atoms with van der Waals surface area (Å²) in [7, 11) is 0. The van der Waals surface area contributed by atoms with Gasteiger partial charge in [-0.3, -0.25) is 9.59 Å². The van der Waals surface area contributed by atoms with Crippen LogP contribution >= 0.6 is 23.1 Å². The molecule has 0 aliphatic heterocycles. The molecule has 0 fully saturated rings. The van der Waals surface area contributed by atoms with E-state index in [0.717, 1.165) is 26.6 Å². The van der Waals surface area contributed by atoms with Crippen LogP contribution in [0.25, 0.3) is 11.3 Å². The number of rotatable bonds is 8. The van der Waals surface area contributed by atoms with Crippen LogP contribution in [-0.4, -0.2) is 16.8 Å². The minimum Gasteiger partial charge on any atom is -0.459 e. The smallest absolute Gasteiger partial charge is 0.291 e. The molecule has 6 nitrogen and oxygen atoms in total. The topological polar surface area (TPSA) is 84.2 Å². The number of nitrogens with one attached hydrogen (secondary N) is 2. The number of nitrogens with zero attached hydrogens (tertiary/aromatic N) is 1. The van der Waals surface area contributed by atoms with Gasteiger partial charge in [0.1, 0.15) is 5.25 Å². The molecule has 0 radical (unpaired) electrons. The number of hydrogen-bond donors (Lipinski definition) is 2. The Labute approximate surface area is 222 Å². The summed E-state index contributed by atoms with van der Waals surface area (Å²) in [6.45, 7) is 2.01. The number of benzene rings is 3. The van der Waals surface area contributed by atoms with Crippen LogP contribution in [0, 0.1) is 6.92 Å². The molecule has 1 atom stereocenters. The molecule has 0 saturated heterocycles. The van der Waals surface area contributed by atoms with Gasteiger partial charge in [0, 0.05) is 21.0 Å². The maximum atomic E-state index is 13.5. The highest BCUT2D eigenvalue weighted by Gasteiger charge is 2.24. The zero-order valence-electron chi connectivity index (χ0n) is 19.9. The van der Waals surface area contributed by atoms with Gasteiger partial charge in [-0.25, -0.2) is 4.98 Å². The molecular formula is C29H23N3O3S2. The molecule has 8 heteroatoms. The second-order valence-corrected chi connectivity index (χ2v) is 10.5. The summed E-state index contributed by atoms with van der Waals surface area (Å²) in [5, 5.41) is 5.91. The van der Waals surface area contributed by atoms with Crippen LogP contribution in [-0.2, 0) is 4.79 Å². The van der Waals surface area contributed by atoms with Crippen molar-refractivity contribution in [2.75, 3.05) is 10.6 Å². The monoisotopic (exact) mass is 525 g/mol. The Balaban J connectivity index is 1.32. The van der Waals surface area contributed by atoms with Gasteiger partial charge in [-0.05, 0) is 48.9 Å². The van der Waals surface area contributed by atoms with Gasteiger partial charge in [-0.2, -0.15) is 0 Å². The van der Waals surface area contributed by atoms with E-state index in [-0.39, 0.29) is 17.6 Å². The zero-order chi connectivity index (χ0) is 25.6. The van der Waals surface area contributed by atoms with E-state index in [1.807, 2.05) is 79.7 Å². The third kappa shape index (κ3) is 5.99. The summed E-state index contributed by atoms with van der Waals surface area (Å²) in [5.41, 5.74) is 3.41. The van der Waals surface area contributed by atoms with Crippen molar-refractivity contribution in [1.82, 2.24) is 4.98 Å². The Morgan fingerprint density at radius 2 is 1.57 bits per heavy atom. The molecule has 5 rings (SSSR count). The minimum absolute atomic E-state index is 0.153. The van der Waals surface area contributed by atoms with Crippen LogP contribution in [0.1, 0.15) is 26.2 Å². The number of aromatic nitrogens is 1. The van der Waals surface area contributed by atoms with Gasteiger partial charge >= 0.3 is 0 Å². The second-order valence-electron chi connectivity index (χ2n) is 8.14. The first-order chi connectivity index (χ1) is 18.1. The van der Waals surface area contributed by atoms with Crippen LogP contribution in [0.2, 0.25) is 0 Å². The highest BCUT2D eigenvalue weighted by Crippen LogP contribution is 2.38. The molecule has 0 saturated carbocycles. The lowest BCUT2D eigenvalue weighted by Gasteiger charge is -2.16. The maximum absolute atomic E-state index is 13.5. The van der Waals surface area contributed by atoms with Gasteiger partial charge in [0.25, 0.3) is 5.91 Å². The number of furan rings is 1. The molecule has 5 aromatic rings. The molecule has 2 amide bonds. The average Bonchev–Trinajstić information content (AvgIpc) is 3.59. The summed E-state index contributed by atoms with van der Waals surface area (Å²) in [5.74, 6) is -0.229. The maximum Gasteiger partial charge on any atom is 0.291 e. The first kappa shape index (κ1) is 24.5. The summed E-state index contributed by atoms with van der Waals surface area (Å²) in [6.07, 6.45) is 1.46. The normalized spacial score (nSPS) is 11.6. The predicted octanol–water partition coefficient (Wildman–Crippen LogP) is 7.44. The number of hydrogen-bond acceptors (Lipinski definition) is 6. The van der Waals surface area contributed by atoms with E-state index in [1.165, 1.54) is 29.4 Å². The second kappa shape index (κ2) is 11.3. The fourth-order valence-corrected chi connectivity index (χ4v) is 5.60. The molecule has 2 N–H and O–H groups in total. The van der Waals surface area contributed by atoms with Crippen molar-refractivity contribution < 1.29 is 14.0 Å². The highest BCUT2D eigenvalue weighted by atomic mass is 32.2. The number of thiazole rings is 1. The van der Waals surface area contributed by atoms with E-state index in [9.17, 15) is 9.59 Å². The van der Waals surface area contributed by atoms with Gasteiger partial charge in [0.05, 0.1) is 12.0 Å². The van der Waals surface area contributed by atoms with Crippen molar-refractivity contribution in [3.05, 3.63) is 120 Å². The van der Waals surface area contributed by atoms with E-state index in [0.29, 0.717) is 10.8 Å². The average molecular weight is 526 g/mol. The van der Waals surface area contributed by atoms with Crippen molar-refractivity contribution >= 4 is 45.7 Å². The number of carbonyl (C=O) groups is 2. The van der Waals surface area contributed by atoms with Crippen LogP contribution in [0.3, 0.4) is 0 Å². The number of thioether (sulfide) groups is 1. The van der Waals surface area contributed by atoms with Gasteiger partial charge in [0.2, 0.25) is 5.91 Å². The lowest BCUT2D eigenvalue weighted by Crippen LogP contribution is -2.19. The molecule has 2 aromatic heterocycles. The summed E-state index contributed by atoms with van der Waals surface area (Å²) in [4.78, 5) is 32.3. The quantitative estimate of drug-likeness (QED) is 0.206. The Hall–Kier alpha value is -4.14. The molecule has 0 bridgehead atoms. The molecule has 0 aliphatic carbocycles. The van der Waals surface area contributed by atoms with E-state index in [4.69, 9.17) is 9.40 Å². The SMILES string of the molecule is Cc1sc(NC(=O)C(Sc2ccc(NC(=O)c3ccco3)cc2)c2ccccc2)nc1-c1ccccc1. The van der Waals surface area contributed by atoms with Gasteiger partial charge in [-0.1, -0.05) is 60.7 Å². The molecule has 0 aliphatic rings. The lowest BCUT2D eigenvalue weighted by molar-refractivity contribution is -0.115. The Morgan fingerprint density at radius 1 is 0.865 bits per heavy atom. The Bertz CT molecular complexity index is 1480. The largest absolute Gasteiger partial charge is 0.459 e. The molecule has 3 aromatic carbocycles. The predicted molar refractivity (Wildman–Crippen MR) is 149 cm³/mol. The third-order valence-corrected chi connectivity index (χ3v) is 7.68. The van der Waals surface area contributed by atoms with Crippen molar-refractivity contribution in [2.45, 2.75) is 17.1 Å². The van der Waals surface area contributed by atoms with E-state index in [2.05, 4.69) is 10.6 Å². The summed E-state index contributed by atoms with van der Waals surface area (Å²) in [6, 6.07) is 30.2. The molecule has 0 spiro atoms. The molecule has 184 valence electrons. The fraction of sp³-hybridized carbons (Fsp3) is 0.0690. The number of anilines is 2.